The van der Waals surface area contributed by atoms with Crippen LogP contribution in [-0.4, -0.2) is 33.5 Å². The first-order chi connectivity index (χ1) is 20.5. The topological polar surface area (TPSA) is 170 Å². The van der Waals surface area contributed by atoms with Crippen LogP contribution in [-0.2, 0) is 0 Å². The minimum Gasteiger partial charge on any atom is -0.457 e. The smallest absolute Gasteiger partial charge is 0.274 e. The van der Waals surface area contributed by atoms with Crippen LogP contribution in [0, 0.1) is 34.1 Å². The van der Waals surface area contributed by atoms with Crippen molar-refractivity contribution in [3.63, 3.8) is 0 Å². The molecular formula is C30H18N4O9. The third-order valence-electron chi connectivity index (χ3n) is 7.25. The zero-order valence-electron chi connectivity index (χ0n) is 22.4. The van der Waals surface area contributed by atoms with E-state index in [1.54, 1.807) is 13.8 Å². The van der Waals surface area contributed by atoms with E-state index in [4.69, 9.17) is 4.74 Å². The lowest BCUT2D eigenvalue weighted by Gasteiger charge is -2.14. The maximum atomic E-state index is 13.2. The summed E-state index contributed by atoms with van der Waals surface area (Å²) in [5.74, 6) is -2.38. The fourth-order valence-corrected chi connectivity index (χ4v) is 5.04. The minimum absolute atomic E-state index is 0.0188. The van der Waals surface area contributed by atoms with Crippen molar-refractivity contribution < 1.29 is 33.8 Å². The number of nitro benzene ring substituents is 2. The van der Waals surface area contributed by atoms with Crippen molar-refractivity contribution >= 4 is 46.4 Å². The first-order valence-corrected chi connectivity index (χ1v) is 12.7. The van der Waals surface area contributed by atoms with Gasteiger partial charge in [0.2, 0.25) is 0 Å². The number of benzene rings is 4. The van der Waals surface area contributed by atoms with Crippen molar-refractivity contribution in [1.29, 1.82) is 0 Å². The lowest BCUT2D eigenvalue weighted by Crippen LogP contribution is -2.29. The Morgan fingerprint density at radius 3 is 1.28 bits per heavy atom. The van der Waals surface area contributed by atoms with Gasteiger partial charge in [-0.3, -0.25) is 39.4 Å². The molecule has 0 saturated carbocycles. The number of nitrogens with zero attached hydrogens (tertiary/aromatic N) is 4. The molecule has 212 valence electrons. The summed E-state index contributed by atoms with van der Waals surface area (Å²) >= 11 is 0. The zero-order chi connectivity index (χ0) is 30.7. The quantitative estimate of drug-likeness (QED) is 0.162. The predicted molar refractivity (Wildman–Crippen MR) is 151 cm³/mol. The van der Waals surface area contributed by atoms with Gasteiger partial charge in [0.05, 0.1) is 43.5 Å². The monoisotopic (exact) mass is 578 g/mol. The van der Waals surface area contributed by atoms with Crippen molar-refractivity contribution in [1.82, 2.24) is 0 Å². The van der Waals surface area contributed by atoms with Gasteiger partial charge >= 0.3 is 0 Å². The van der Waals surface area contributed by atoms with Gasteiger partial charge in [0.25, 0.3) is 35.0 Å². The highest BCUT2D eigenvalue weighted by Crippen LogP contribution is 2.37. The van der Waals surface area contributed by atoms with Gasteiger partial charge in [-0.25, -0.2) is 9.80 Å². The van der Waals surface area contributed by atoms with Gasteiger partial charge < -0.3 is 4.74 Å². The van der Waals surface area contributed by atoms with Crippen LogP contribution in [0.15, 0.2) is 72.8 Å². The average molecular weight is 578 g/mol. The number of imide groups is 2. The second-order valence-electron chi connectivity index (χ2n) is 9.86. The lowest BCUT2D eigenvalue weighted by atomic mass is 10.1. The molecule has 0 fully saturated rings. The van der Waals surface area contributed by atoms with Gasteiger partial charge in [-0.05, 0) is 62.4 Å². The van der Waals surface area contributed by atoms with Crippen molar-refractivity contribution in [3.8, 4) is 11.5 Å². The molecule has 0 aromatic heterocycles. The van der Waals surface area contributed by atoms with E-state index in [0.29, 0.717) is 11.1 Å². The Morgan fingerprint density at radius 2 is 0.907 bits per heavy atom. The van der Waals surface area contributed by atoms with E-state index in [-0.39, 0.29) is 56.5 Å². The Hall–Kier alpha value is -6.24. The van der Waals surface area contributed by atoms with Gasteiger partial charge in [0.1, 0.15) is 11.5 Å². The van der Waals surface area contributed by atoms with E-state index in [1.165, 1.54) is 60.7 Å². The predicted octanol–water partition coefficient (Wildman–Crippen LogP) is 5.51. The first kappa shape index (κ1) is 27.0. The van der Waals surface area contributed by atoms with Crippen molar-refractivity contribution in [2.75, 3.05) is 9.80 Å². The highest BCUT2D eigenvalue weighted by Gasteiger charge is 2.39. The van der Waals surface area contributed by atoms with Crippen LogP contribution >= 0.6 is 0 Å². The molecule has 2 aliphatic heterocycles. The van der Waals surface area contributed by atoms with Gasteiger partial charge in [-0.2, -0.15) is 0 Å². The number of ether oxygens (including phenoxy) is 1. The van der Waals surface area contributed by atoms with E-state index in [0.717, 1.165) is 21.9 Å². The van der Waals surface area contributed by atoms with Gasteiger partial charge in [-0.1, -0.05) is 12.1 Å². The molecule has 0 bridgehead atoms. The fraction of sp³-hybridized carbons (Fsp3) is 0.0667. The summed E-state index contributed by atoms with van der Waals surface area (Å²) in [7, 11) is 0. The standard InChI is InChI=1S/C30H18N4O9/c1-15-3-5-17(11-25(15)33(39)40)31-27(35)21-9-7-19(13-23(21)29(31)37)43-20-8-10-22-24(14-20)30(38)32(28(22)36)18-6-4-16(2)26(12-18)34(41)42/h3-14H,1-2H3. The van der Waals surface area contributed by atoms with E-state index in [1.807, 2.05) is 0 Å². The summed E-state index contributed by atoms with van der Waals surface area (Å²) in [6.45, 7) is 3.09. The minimum atomic E-state index is -0.693. The second kappa shape index (κ2) is 9.69. The van der Waals surface area contributed by atoms with Crippen LogP contribution in [0.2, 0.25) is 0 Å². The highest BCUT2D eigenvalue weighted by molar-refractivity contribution is 6.35. The number of carbonyl (C=O) groups excluding carboxylic acids is 4. The first-order valence-electron chi connectivity index (χ1n) is 12.7. The normalized spacial score (nSPS) is 13.8. The van der Waals surface area contributed by atoms with E-state index in [2.05, 4.69) is 0 Å². The summed E-state index contributed by atoms with van der Waals surface area (Å²) in [6.07, 6.45) is 0. The molecule has 0 unspecified atom stereocenters. The van der Waals surface area contributed by atoms with Crippen molar-refractivity contribution in [2.24, 2.45) is 0 Å². The van der Waals surface area contributed by atoms with Gasteiger partial charge in [-0.15, -0.1) is 0 Å². The number of nitro groups is 2. The molecule has 6 rings (SSSR count). The molecule has 4 amide bonds. The zero-order valence-corrected chi connectivity index (χ0v) is 22.4. The van der Waals surface area contributed by atoms with E-state index < -0.39 is 33.5 Å². The molecule has 2 aliphatic rings. The number of carbonyl (C=O) groups is 4. The Morgan fingerprint density at radius 1 is 0.535 bits per heavy atom. The molecule has 43 heavy (non-hydrogen) atoms. The van der Waals surface area contributed by atoms with Gasteiger partial charge in [0, 0.05) is 23.3 Å². The molecule has 0 spiro atoms. The summed E-state index contributed by atoms with van der Waals surface area (Å²) in [6, 6.07) is 16.5. The van der Waals surface area contributed by atoms with Crippen LogP contribution in [0.1, 0.15) is 52.6 Å². The molecule has 2 heterocycles. The summed E-state index contributed by atoms with van der Waals surface area (Å²) < 4.78 is 5.87. The van der Waals surface area contributed by atoms with Crippen LogP contribution < -0.4 is 14.5 Å². The summed E-state index contributed by atoms with van der Waals surface area (Å²) in [5, 5.41) is 22.7. The molecule has 13 heteroatoms. The molecule has 4 aromatic carbocycles. The number of amides is 4. The molecular weight excluding hydrogens is 560 g/mol. The molecule has 0 aliphatic carbocycles. The molecule has 13 nitrogen and oxygen atoms in total. The third-order valence-corrected chi connectivity index (χ3v) is 7.25. The maximum absolute atomic E-state index is 13.2. The van der Waals surface area contributed by atoms with E-state index >= 15 is 0 Å². The molecule has 0 N–H and O–H groups in total. The number of rotatable bonds is 6. The van der Waals surface area contributed by atoms with Crippen LogP contribution in [0.3, 0.4) is 0 Å². The molecule has 0 saturated heterocycles. The Bertz CT molecular complexity index is 1840. The fourth-order valence-electron chi connectivity index (χ4n) is 5.04. The van der Waals surface area contributed by atoms with Crippen molar-refractivity contribution in [3.05, 3.63) is 126 Å². The summed E-state index contributed by atoms with van der Waals surface area (Å²) in [5.41, 5.74) is 0.584. The SMILES string of the molecule is Cc1ccc(N2C(=O)c3ccc(Oc4ccc5c(c4)C(=O)N(c4ccc(C)c([N+](=O)[O-])c4)C5=O)cc3C2=O)cc1[N+](=O)[O-]. The molecule has 0 atom stereocenters. The van der Waals surface area contributed by atoms with Crippen molar-refractivity contribution in [2.45, 2.75) is 13.8 Å². The number of anilines is 2. The number of fused-ring (bicyclic) bond motifs is 2. The van der Waals surface area contributed by atoms with E-state index in [9.17, 15) is 39.4 Å². The van der Waals surface area contributed by atoms with Crippen LogP contribution in [0.25, 0.3) is 0 Å². The average Bonchev–Trinajstić information content (AvgIpc) is 3.37. The highest BCUT2D eigenvalue weighted by atomic mass is 16.6. The Kier molecular flexibility index (Phi) is 6.08. The molecule has 0 radical (unpaired) electrons. The Labute approximate surface area is 241 Å². The van der Waals surface area contributed by atoms with Crippen LogP contribution in [0.4, 0.5) is 22.7 Å². The Balaban J connectivity index is 1.27. The van der Waals surface area contributed by atoms with Crippen LogP contribution in [0.5, 0.6) is 11.5 Å². The third kappa shape index (κ3) is 4.26. The largest absolute Gasteiger partial charge is 0.457 e. The number of hydrogen-bond acceptors (Lipinski definition) is 9. The lowest BCUT2D eigenvalue weighted by molar-refractivity contribution is -0.385. The summed E-state index contributed by atoms with van der Waals surface area (Å²) in [4.78, 5) is 75.8. The molecule has 4 aromatic rings. The number of hydrogen-bond donors (Lipinski definition) is 0. The number of aryl methyl sites for hydroxylation is 2. The maximum Gasteiger partial charge on any atom is 0.274 e. The van der Waals surface area contributed by atoms with Gasteiger partial charge in [0.15, 0.2) is 0 Å². The second-order valence-corrected chi connectivity index (χ2v) is 9.86.